The Kier molecular flexibility index (Phi) is 7.94. The Morgan fingerprint density at radius 1 is 1.00 bits per heavy atom. The molecule has 1 heterocycles. The molecule has 0 fully saturated rings. The van der Waals surface area contributed by atoms with Crippen molar-refractivity contribution in [1.82, 2.24) is 10.2 Å². The lowest BCUT2D eigenvalue weighted by atomic mass is 10.1. The van der Waals surface area contributed by atoms with Gasteiger partial charge in [-0.15, -0.1) is 0 Å². The van der Waals surface area contributed by atoms with Crippen LogP contribution in [0.2, 0.25) is 0 Å². The fourth-order valence-electron chi connectivity index (χ4n) is 4.68. The van der Waals surface area contributed by atoms with Crippen molar-refractivity contribution in [3.05, 3.63) is 72.3 Å². The van der Waals surface area contributed by atoms with E-state index in [-0.39, 0.29) is 24.8 Å². The van der Waals surface area contributed by atoms with Gasteiger partial charge in [0.2, 0.25) is 11.8 Å². The van der Waals surface area contributed by atoms with Gasteiger partial charge >= 0.3 is 0 Å². The van der Waals surface area contributed by atoms with E-state index in [1.807, 2.05) is 61.5 Å². The number of sulfonamides is 1. The van der Waals surface area contributed by atoms with Crippen LogP contribution in [0.25, 0.3) is 10.8 Å². The molecule has 36 heavy (non-hydrogen) atoms. The van der Waals surface area contributed by atoms with Gasteiger partial charge in [-0.05, 0) is 49.3 Å². The van der Waals surface area contributed by atoms with E-state index in [2.05, 4.69) is 5.32 Å². The van der Waals surface area contributed by atoms with Gasteiger partial charge in [0, 0.05) is 31.4 Å². The second-order valence-electron chi connectivity index (χ2n) is 9.10. The molecule has 0 aromatic heterocycles. The Morgan fingerprint density at radius 3 is 2.44 bits per heavy atom. The van der Waals surface area contributed by atoms with Gasteiger partial charge in [-0.3, -0.25) is 13.9 Å². The number of nitrogens with one attached hydrogen (secondary N) is 1. The Balaban J connectivity index is 1.45. The summed E-state index contributed by atoms with van der Waals surface area (Å²) >= 11 is 0. The van der Waals surface area contributed by atoms with E-state index in [0.29, 0.717) is 36.5 Å². The molecule has 7 nitrogen and oxygen atoms in total. The van der Waals surface area contributed by atoms with E-state index in [0.717, 1.165) is 22.8 Å². The Labute approximate surface area is 213 Å². The fraction of sp³-hybridized carbons (Fsp3) is 0.357. The number of nitrogens with zero attached hydrogens (tertiary/aromatic N) is 2. The fourth-order valence-corrected chi connectivity index (χ4v) is 6.43. The minimum atomic E-state index is -3.66. The molecule has 0 spiro atoms. The van der Waals surface area contributed by atoms with E-state index < -0.39 is 16.1 Å². The summed E-state index contributed by atoms with van der Waals surface area (Å²) in [6.07, 6.45) is 1.96. The van der Waals surface area contributed by atoms with Crippen LogP contribution in [0.5, 0.6) is 0 Å². The molecule has 3 aromatic rings. The van der Waals surface area contributed by atoms with E-state index in [9.17, 15) is 18.0 Å². The molecule has 1 aliphatic heterocycles. The van der Waals surface area contributed by atoms with Gasteiger partial charge < -0.3 is 10.2 Å². The average molecular weight is 508 g/mol. The maximum Gasteiger partial charge on any atom is 0.265 e. The van der Waals surface area contributed by atoms with E-state index in [4.69, 9.17) is 0 Å². The first-order valence-electron chi connectivity index (χ1n) is 12.5. The van der Waals surface area contributed by atoms with Crippen LogP contribution in [-0.4, -0.2) is 50.8 Å². The van der Waals surface area contributed by atoms with Crippen LogP contribution in [0.4, 0.5) is 5.69 Å². The van der Waals surface area contributed by atoms with Crippen LogP contribution in [0, 0.1) is 0 Å². The van der Waals surface area contributed by atoms with Crippen LogP contribution in [0.1, 0.15) is 38.7 Å². The number of carbonyl (C=O) groups is 2. The monoisotopic (exact) mass is 507 g/mol. The summed E-state index contributed by atoms with van der Waals surface area (Å²) in [5.41, 5.74) is 1.74. The van der Waals surface area contributed by atoms with Crippen molar-refractivity contribution in [3.8, 4) is 0 Å². The van der Waals surface area contributed by atoms with Crippen molar-refractivity contribution in [2.45, 2.75) is 50.5 Å². The number of carbonyl (C=O) groups excluding carboxylic acids is 2. The van der Waals surface area contributed by atoms with Crippen molar-refractivity contribution in [2.24, 2.45) is 0 Å². The molecule has 0 aliphatic carbocycles. The summed E-state index contributed by atoms with van der Waals surface area (Å²) in [6, 6.07) is 20.1. The Morgan fingerprint density at radius 2 is 1.72 bits per heavy atom. The van der Waals surface area contributed by atoms with Gasteiger partial charge in [-0.2, -0.15) is 0 Å². The van der Waals surface area contributed by atoms with E-state index in [1.165, 1.54) is 4.31 Å². The minimum Gasteiger partial charge on any atom is -0.354 e. The first kappa shape index (κ1) is 25.7. The van der Waals surface area contributed by atoms with Gasteiger partial charge in [-0.1, -0.05) is 61.5 Å². The Bertz CT molecular complexity index is 1340. The smallest absolute Gasteiger partial charge is 0.265 e. The molecule has 190 valence electrons. The topological polar surface area (TPSA) is 86.8 Å². The SMILES string of the molecule is CCCNC(=O)[C@@H](C)N(CCc1ccccc1)C(=O)CCCN1c2cccc3cccc(c23)S1(=O)=O. The minimum absolute atomic E-state index is 0.151. The molecule has 1 aliphatic rings. The van der Waals surface area contributed by atoms with E-state index in [1.54, 1.807) is 24.0 Å². The molecular formula is C28H33N3O4S. The molecule has 0 saturated heterocycles. The van der Waals surface area contributed by atoms with Crippen molar-refractivity contribution in [2.75, 3.05) is 23.9 Å². The Hall–Kier alpha value is -3.39. The third-order valence-corrected chi connectivity index (χ3v) is 8.49. The molecule has 8 heteroatoms. The van der Waals surface area contributed by atoms with Crippen molar-refractivity contribution >= 4 is 38.3 Å². The second-order valence-corrected chi connectivity index (χ2v) is 10.9. The number of benzene rings is 3. The molecule has 2 amide bonds. The van der Waals surface area contributed by atoms with Crippen molar-refractivity contribution in [1.29, 1.82) is 0 Å². The summed E-state index contributed by atoms with van der Waals surface area (Å²) in [5, 5.41) is 4.49. The number of anilines is 1. The maximum atomic E-state index is 13.3. The van der Waals surface area contributed by atoms with Crippen LogP contribution >= 0.6 is 0 Å². The maximum absolute atomic E-state index is 13.3. The van der Waals surface area contributed by atoms with Gasteiger partial charge in [0.25, 0.3) is 10.0 Å². The highest BCUT2D eigenvalue weighted by atomic mass is 32.2. The van der Waals surface area contributed by atoms with Crippen LogP contribution < -0.4 is 9.62 Å². The molecule has 0 radical (unpaired) electrons. The number of hydrogen-bond acceptors (Lipinski definition) is 4. The van der Waals surface area contributed by atoms with Crippen LogP contribution in [-0.2, 0) is 26.0 Å². The number of hydrogen-bond donors (Lipinski definition) is 1. The summed E-state index contributed by atoms with van der Waals surface area (Å²) in [4.78, 5) is 27.9. The van der Waals surface area contributed by atoms with Gasteiger partial charge in [0.15, 0.2) is 0 Å². The molecule has 0 unspecified atom stereocenters. The zero-order valence-corrected chi connectivity index (χ0v) is 21.6. The lowest BCUT2D eigenvalue weighted by Gasteiger charge is -2.29. The summed E-state index contributed by atoms with van der Waals surface area (Å²) in [7, 11) is -3.66. The summed E-state index contributed by atoms with van der Waals surface area (Å²) < 4.78 is 27.8. The molecule has 1 N–H and O–H groups in total. The molecule has 4 rings (SSSR count). The average Bonchev–Trinajstić information content (AvgIpc) is 3.11. The largest absolute Gasteiger partial charge is 0.354 e. The molecular weight excluding hydrogens is 474 g/mol. The zero-order valence-electron chi connectivity index (χ0n) is 20.8. The normalized spacial score (nSPS) is 14.6. The highest BCUT2D eigenvalue weighted by Crippen LogP contribution is 2.42. The first-order valence-corrected chi connectivity index (χ1v) is 13.9. The number of rotatable bonds is 11. The lowest BCUT2D eigenvalue weighted by Crippen LogP contribution is -2.49. The number of amides is 2. The van der Waals surface area contributed by atoms with Gasteiger partial charge in [0.05, 0.1) is 10.6 Å². The first-order chi connectivity index (χ1) is 17.3. The van der Waals surface area contributed by atoms with Crippen LogP contribution in [0.15, 0.2) is 71.6 Å². The van der Waals surface area contributed by atoms with Gasteiger partial charge in [-0.25, -0.2) is 8.42 Å². The molecule has 3 aromatic carbocycles. The third-order valence-electron chi connectivity index (χ3n) is 6.63. The summed E-state index contributed by atoms with van der Waals surface area (Å²) in [5.74, 6) is -0.333. The lowest BCUT2D eigenvalue weighted by molar-refractivity contribution is -0.139. The van der Waals surface area contributed by atoms with Crippen molar-refractivity contribution in [3.63, 3.8) is 0 Å². The molecule has 0 bridgehead atoms. The van der Waals surface area contributed by atoms with Crippen LogP contribution in [0.3, 0.4) is 0 Å². The highest BCUT2D eigenvalue weighted by Gasteiger charge is 2.35. The van der Waals surface area contributed by atoms with E-state index >= 15 is 0 Å². The summed E-state index contributed by atoms with van der Waals surface area (Å²) in [6.45, 7) is 4.90. The predicted octanol–water partition coefficient (Wildman–Crippen LogP) is 4.11. The third kappa shape index (κ3) is 5.23. The quantitative estimate of drug-likeness (QED) is 0.423. The molecule has 0 saturated carbocycles. The molecule has 1 atom stereocenters. The van der Waals surface area contributed by atoms with Gasteiger partial charge in [0.1, 0.15) is 6.04 Å². The highest BCUT2D eigenvalue weighted by molar-refractivity contribution is 7.93. The standard InChI is InChI=1S/C28H33N3O4S/c1-3-18-29-28(33)21(2)30(20-17-22-10-5-4-6-11-22)26(32)16-9-19-31-24-14-7-12-23-13-8-15-25(27(23)24)36(31,34)35/h4-8,10-15,21H,3,9,16-20H2,1-2H3,(H,29,33)/t21-/m1/s1. The second kappa shape index (κ2) is 11.1. The van der Waals surface area contributed by atoms with Crippen molar-refractivity contribution < 1.29 is 18.0 Å². The predicted molar refractivity (Wildman–Crippen MR) is 142 cm³/mol. The zero-order chi connectivity index (χ0) is 25.7.